The number of hydrogen-bond donors (Lipinski definition) is 1. The van der Waals surface area contributed by atoms with Crippen molar-refractivity contribution in [3.8, 4) is 5.69 Å². The highest BCUT2D eigenvalue weighted by Crippen LogP contribution is 2.25. The number of amides is 1. The molecule has 0 spiro atoms. The number of carbonyl (C=O) groups excluding carboxylic acids is 1. The lowest BCUT2D eigenvalue weighted by Crippen LogP contribution is -2.15. The molecular weight excluding hydrogens is 404 g/mol. The molecular formula is C21H17BrN4O. The van der Waals surface area contributed by atoms with E-state index in [1.165, 1.54) is 0 Å². The van der Waals surface area contributed by atoms with Crippen molar-refractivity contribution in [2.75, 3.05) is 5.32 Å². The number of anilines is 1. The molecule has 1 amide bonds. The second-order valence-corrected chi connectivity index (χ2v) is 7.08. The van der Waals surface area contributed by atoms with Crippen molar-refractivity contribution in [2.45, 2.75) is 13.8 Å². The van der Waals surface area contributed by atoms with Gasteiger partial charge in [-0.15, -0.1) is 0 Å². The van der Waals surface area contributed by atoms with Gasteiger partial charge < -0.3 is 5.32 Å². The second kappa shape index (κ2) is 6.96. The van der Waals surface area contributed by atoms with Crippen molar-refractivity contribution >= 4 is 38.6 Å². The maximum Gasteiger partial charge on any atom is 0.277 e. The molecule has 4 rings (SSSR count). The zero-order valence-corrected chi connectivity index (χ0v) is 16.5. The third kappa shape index (κ3) is 3.24. The second-order valence-electron chi connectivity index (χ2n) is 6.22. The summed E-state index contributed by atoms with van der Waals surface area (Å²) in [6.07, 6.45) is 0. The van der Waals surface area contributed by atoms with Crippen LogP contribution in [0, 0.1) is 13.8 Å². The minimum Gasteiger partial charge on any atom is -0.305 e. The highest BCUT2D eigenvalue weighted by Gasteiger charge is 2.20. The summed E-state index contributed by atoms with van der Waals surface area (Å²) in [6, 6.07) is 19.4. The van der Waals surface area contributed by atoms with E-state index in [0.717, 1.165) is 32.6 Å². The highest BCUT2D eigenvalue weighted by atomic mass is 79.9. The maximum atomic E-state index is 12.8. The first kappa shape index (κ1) is 17.4. The predicted octanol–water partition coefficient (Wildman–Crippen LogP) is 5.05. The van der Waals surface area contributed by atoms with Crippen LogP contribution < -0.4 is 5.32 Å². The smallest absolute Gasteiger partial charge is 0.277 e. The van der Waals surface area contributed by atoms with Gasteiger partial charge in [-0.1, -0.05) is 30.3 Å². The predicted molar refractivity (Wildman–Crippen MR) is 110 cm³/mol. The first-order chi connectivity index (χ1) is 13.0. The minimum atomic E-state index is -0.274. The van der Waals surface area contributed by atoms with Crippen LogP contribution in [-0.4, -0.2) is 20.4 Å². The Morgan fingerprint density at radius 1 is 0.963 bits per heavy atom. The van der Waals surface area contributed by atoms with Crippen molar-refractivity contribution in [3.63, 3.8) is 0 Å². The van der Waals surface area contributed by atoms with Crippen LogP contribution in [0.4, 0.5) is 5.82 Å². The number of carbonyl (C=O) groups is 1. The molecule has 0 unspecified atom stereocenters. The van der Waals surface area contributed by atoms with Crippen molar-refractivity contribution in [2.24, 2.45) is 0 Å². The van der Waals surface area contributed by atoms with Gasteiger partial charge in [0.1, 0.15) is 17.3 Å². The number of nitrogens with one attached hydrogen (secondary N) is 1. The van der Waals surface area contributed by atoms with Crippen LogP contribution in [0.1, 0.15) is 22.0 Å². The number of para-hydroxylation sites is 2. The van der Waals surface area contributed by atoms with Crippen molar-refractivity contribution < 1.29 is 4.79 Å². The highest BCUT2D eigenvalue weighted by molar-refractivity contribution is 9.10. The van der Waals surface area contributed by atoms with Crippen LogP contribution in [-0.2, 0) is 0 Å². The number of imidazole rings is 1. The number of halogens is 1. The van der Waals surface area contributed by atoms with Gasteiger partial charge in [0.05, 0.1) is 16.9 Å². The summed E-state index contributed by atoms with van der Waals surface area (Å²) in [4.78, 5) is 21.8. The van der Waals surface area contributed by atoms with Gasteiger partial charge in [0, 0.05) is 9.86 Å². The van der Waals surface area contributed by atoms with E-state index in [2.05, 4.69) is 31.2 Å². The number of fused-ring (bicyclic) bond motifs is 1. The standard InChI is InChI=1S/C21H17BrN4O/c1-13-20(23-14(2)26(13)18-10-6-4-8-16(18)22)21(27)25-19-12-11-15-7-3-5-9-17(15)24-19/h3-12H,1-2H3,(H,24,25,27). The summed E-state index contributed by atoms with van der Waals surface area (Å²) in [6.45, 7) is 3.78. The SMILES string of the molecule is Cc1nc(C(=O)Nc2ccc3ccccc3n2)c(C)n1-c1ccccc1Br. The van der Waals surface area contributed by atoms with E-state index in [0.29, 0.717) is 11.5 Å². The number of nitrogens with zero attached hydrogens (tertiary/aromatic N) is 3. The number of aromatic nitrogens is 3. The summed E-state index contributed by atoms with van der Waals surface area (Å²) < 4.78 is 2.91. The fraction of sp³-hybridized carbons (Fsp3) is 0.0952. The lowest BCUT2D eigenvalue weighted by atomic mass is 10.2. The summed E-state index contributed by atoms with van der Waals surface area (Å²) in [7, 11) is 0. The number of pyridine rings is 1. The Bertz CT molecular complexity index is 1170. The van der Waals surface area contributed by atoms with Gasteiger partial charge in [-0.2, -0.15) is 0 Å². The first-order valence-corrected chi connectivity index (χ1v) is 9.32. The summed E-state index contributed by atoms with van der Waals surface area (Å²) in [5.74, 6) is 0.978. The van der Waals surface area contributed by atoms with Gasteiger partial charge in [-0.3, -0.25) is 9.36 Å². The van der Waals surface area contributed by atoms with Crippen LogP contribution in [0.5, 0.6) is 0 Å². The Morgan fingerprint density at radius 3 is 2.52 bits per heavy atom. The third-order valence-corrected chi connectivity index (χ3v) is 5.09. The van der Waals surface area contributed by atoms with E-state index in [4.69, 9.17) is 0 Å². The molecule has 0 radical (unpaired) electrons. The summed E-state index contributed by atoms with van der Waals surface area (Å²) in [5, 5.41) is 3.89. The molecule has 0 aliphatic rings. The van der Waals surface area contributed by atoms with Gasteiger partial charge in [0.15, 0.2) is 0 Å². The van der Waals surface area contributed by atoms with Crippen LogP contribution in [0.3, 0.4) is 0 Å². The van der Waals surface area contributed by atoms with E-state index in [9.17, 15) is 4.79 Å². The fourth-order valence-corrected chi connectivity index (χ4v) is 3.62. The quantitative estimate of drug-likeness (QED) is 0.504. The first-order valence-electron chi connectivity index (χ1n) is 8.52. The number of aryl methyl sites for hydroxylation is 1. The minimum absolute atomic E-state index is 0.274. The lowest BCUT2D eigenvalue weighted by Gasteiger charge is -2.10. The maximum absolute atomic E-state index is 12.8. The molecule has 0 aliphatic carbocycles. The summed E-state index contributed by atoms with van der Waals surface area (Å²) >= 11 is 3.57. The largest absolute Gasteiger partial charge is 0.305 e. The van der Waals surface area contributed by atoms with E-state index >= 15 is 0 Å². The molecule has 5 nitrogen and oxygen atoms in total. The molecule has 0 saturated carbocycles. The zero-order valence-electron chi connectivity index (χ0n) is 14.9. The van der Waals surface area contributed by atoms with Gasteiger partial charge in [0.25, 0.3) is 5.91 Å². The van der Waals surface area contributed by atoms with Gasteiger partial charge in [0.2, 0.25) is 0 Å². The zero-order chi connectivity index (χ0) is 19.0. The Labute approximate surface area is 165 Å². The molecule has 0 atom stereocenters. The number of hydrogen-bond acceptors (Lipinski definition) is 3. The van der Waals surface area contributed by atoms with Crippen LogP contribution >= 0.6 is 15.9 Å². The van der Waals surface area contributed by atoms with Crippen LogP contribution in [0.2, 0.25) is 0 Å². The molecule has 134 valence electrons. The van der Waals surface area contributed by atoms with Crippen LogP contribution in [0.15, 0.2) is 65.1 Å². The third-order valence-electron chi connectivity index (χ3n) is 4.42. The average Bonchev–Trinajstić information content (AvgIpc) is 2.96. The van der Waals surface area contributed by atoms with Gasteiger partial charge in [-0.25, -0.2) is 9.97 Å². The van der Waals surface area contributed by atoms with Crippen molar-refractivity contribution in [3.05, 3.63) is 82.3 Å². The molecule has 1 N–H and O–H groups in total. The number of rotatable bonds is 3. The topological polar surface area (TPSA) is 59.8 Å². The normalized spacial score (nSPS) is 10.9. The van der Waals surface area contributed by atoms with E-state index in [-0.39, 0.29) is 5.91 Å². The fourth-order valence-electron chi connectivity index (χ4n) is 3.16. The van der Waals surface area contributed by atoms with Crippen molar-refractivity contribution in [1.82, 2.24) is 14.5 Å². The molecule has 4 aromatic rings. The van der Waals surface area contributed by atoms with Gasteiger partial charge >= 0.3 is 0 Å². The van der Waals surface area contributed by atoms with Gasteiger partial charge in [-0.05, 0) is 60.1 Å². The molecule has 0 bridgehead atoms. The molecule has 2 aromatic carbocycles. The van der Waals surface area contributed by atoms with E-state index < -0.39 is 0 Å². The number of benzene rings is 2. The van der Waals surface area contributed by atoms with Crippen molar-refractivity contribution in [1.29, 1.82) is 0 Å². The van der Waals surface area contributed by atoms with Crippen LogP contribution in [0.25, 0.3) is 16.6 Å². The lowest BCUT2D eigenvalue weighted by molar-refractivity contribution is 0.102. The monoisotopic (exact) mass is 420 g/mol. The Morgan fingerprint density at radius 2 is 1.70 bits per heavy atom. The Hall–Kier alpha value is -2.99. The molecule has 0 saturated heterocycles. The summed E-state index contributed by atoms with van der Waals surface area (Å²) in [5.41, 5.74) is 2.95. The molecule has 0 aliphatic heterocycles. The Balaban J connectivity index is 1.68. The molecule has 6 heteroatoms. The molecule has 0 fully saturated rings. The van der Waals surface area contributed by atoms with E-state index in [1.54, 1.807) is 6.07 Å². The molecule has 2 heterocycles. The molecule has 2 aromatic heterocycles. The van der Waals surface area contributed by atoms with E-state index in [1.807, 2.05) is 73.0 Å². The molecule has 27 heavy (non-hydrogen) atoms. The Kier molecular flexibility index (Phi) is 4.49. The average molecular weight is 421 g/mol.